The lowest BCUT2D eigenvalue weighted by Gasteiger charge is -2.26. The van der Waals surface area contributed by atoms with E-state index in [0.29, 0.717) is 18.6 Å². The van der Waals surface area contributed by atoms with Crippen LogP contribution in [0.4, 0.5) is 5.69 Å². The van der Waals surface area contributed by atoms with Gasteiger partial charge in [0.05, 0.1) is 0 Å². The molecule has 0 saturated carbocycles. The Bertz CT molecular complexity index is 452. The highest BCUT2D eigenvalue weighted by Crippen LogP contribution is 2.33. The number of hydrogen-bond acceptors (Lipinski definition) is 3. The first-order valence-corrected chi connectivity index (χ1v) is 8.83. The summed E-state index contributed by atoms with van der Waals surface area (Å²) in [6, 6.07) is 6.95. The fourth-order valence-electron chi connectivity index (χ4n) is 3.10. The standard InChI is InChI=1S/C17H27BrN2O/c1-3-8-19-13(2)16-11-15(18)4-5-17(16)20-9-6-14(12-20)7-10-21/h4-5,11,13-14,19,21H,3,6-10,12H2,1-2H3. The molecule has 1 aliphatic heterocycles. The van der Waals surface area contributed by atoms with Crippen LogP contribution in [0.15, 0.2) is 22.7 Å². The Morgan fingerprint density at radius 3 is 3.00 bits per heavy atom. The minimum atomic E-state index is 0.306. The van der Waals surface area contributed by atoms with Crippen LogP contribution in [0, 0.1) is 5.92 Å². The van der Waals surface area contributed by atoms with E-state index < -0.39 is 0 Å². The second-order valence-electron chi connectivity index (χ2n) is 5.99. The second-order valence-corrected chi connectivity index (χ2v) is 6.91. The highest BCUT2D eigenvalue weighted by Gasteiger charge is 2.25. The fourth-order valence-corrected chi connectivity index (χ4v) is 3.48. The van der Waals surface area contributed by atoms with Crippen LogP contribution < -0.4 is 10.2 Å². The number of halogens is 1. The van der Waals surface area contributed by atoms with Gasteiger partial charge in [-0.15, -0.1) is 0 Å². The maximum Gasteiger partial charge on any atom is 0.0434 e. The molecule has 0 bridgehead atoms. The topological polar surface area (TPSA) is 35.5 Å². The summed E-state index contributed by atoms with van der Waals surface area (Å²) in [6.07, 6.45) is 3.26. The molecule has 1 aromatic carbocycles. The molecule has 1 aliphatic rings. The maximum atomic E-state index is 9.13. The molecular weight excluding hydrogens is 328 g/mol. The molecule has 0 aliphatic carbocycles. The lowest BCUT2D eigenvalue weighted by atomic mass is 10.0. The van der Waals surface area contributed by atoms with E-state index in [4.69, 9.17) is 5.11 Å². The molecular formula is C17H27BrN2O. The Balaban J connectivity index is 2.15. The molecule has 2 rings (SSSR count). The molecule has 1 heterocycles. The van der Waals surface area contributed by atoms with Crippen molar-refractivity contribution in [3.8, 4) is 0 Å². The van der Waals surface area contributed by atoms with E-state index in [1.807, 2.05) is 0 Å². The van der Waals surface area contributed by atoms with Gasteiger partial charge in [0.15, 0.2) is 0 Å². The van der Waals surface area contributed by atoms with E-state index in [1.165, 1.54) is 17.7 Å². The third-order valence-electron chi connectivity index (χ3n) is 4.32. The van der Waals surface area contributed by atoms with Crippen molar-refractivity contribution in [1.82, 2.24) is 5.32 Å². The number of benzene rings is 1. The predicted octanol–water partition coefficient (Wildman–Crippen LogP) is 3.72. The first-order chi connectivity index (χ1) is 10.2. The number of anilines is 1. The zero-order valence-electron chi connectivity index (χ0n) is 13.1. The average molecular weight is 355 g/mol. The van der Waals surface area contributed by atoms with Crippen molar-refractivity contribution in [3.05, 3.63) is 28.2 Å². The van der Waals surface area contributed by atoms with E-state index >= 15 is 0 Å². The van der Waals surface area contributed by atoms with Crippen LogP contribution in [0.1, 0.15) is 44.7 Å². The monoisotopic (exact) mass is 354 g/mol. The van der Waals surface area contributed by atoms with Gasteiger partial charge < -0.3 is 15.3 Å². The summed E-state index contributed by atoms with van der Waals surface area (Å²) in [6.45, 7) is 7.94. The molecule has 1 aromatic rings. The average Bonchev–Trinajstić information content (AvgIpc) is 2.93. The van der Waals surface area contributed by atoms with Crippen molar-refractivity contribution < 1.29 is 5.11 Å². The van der Waals surface area contributed by atoms with Gasteiger partial charge in [0.1, 0.15) is 0 Å². The van der Waals surface area contributed by atoms with Gasteiger partial charge in [0, 0.05) is 35.9 Å². The fraction of sp³-hybridized carbons (Fsp3) is 0.647. The number of hydrogen-bond donors (Lipinski definition) is 2. The quantitative estimate of drug-likeness (QED) is 0.783. The molecule has 0 radical (unpaired) electrons. The van der Waals surface area contributed by atoms with Crippen molar-refractivity contribution in [2.24, 2.45) is 5.92 Å². The SMILES string of the molecule is CCCNC(C)c1cc(Br)ccc1N1CCC(CCO)C1. The van der Waals surface area contributed by atoms with Crippen molar-refractivity contribution in [1.29, 1.82) is 0 Å². The number of nitrogens with zero attached hydrogens (tertiary/aromatic N) is 1. The Kier molecular flexibility index (Phi) is 6.52. The Hall–Kier alpha value is -0.580. The van der Waals surface area contributed by atoms with Gasteiger partial charge in [-0.3, -0.25) is 0 Å². The molecule has 4 heteroatoms. The summed E-state index contributed by atoms with van der Waals surface area (Å²) in [7, 11) is 0. The van der Waals surface area contributed by atoms with Gasteiger partial charge in [-0.05, 0) is 62.4 Å². The van der Waals surface area contributed by atoms with Crippen LogP contribution in [0.3, 0.4) is 0 Å². The van der Waals surface area contributed by atoms with Gasteiger partial charge >= 0.3 is 0 Å². The molecule has 0 spiro atoms. The third-order valence-corrected chi connectivity index (χ3v) is 4.81. The highest BCUT2D eigenvalue weighted by atomic mass is 79.9. The molecule has 118 valence electrons. The number of aliphatic hydroxyl groups excluding tert-OH is 1. The zero-order chi connectivity index (χ0) is 15.2. The van der Waals surface area contributed by atoms with Crippen LogP contribution >= 0.6 is 15.9 Å². The highest BCUT2D eigenvalue weighted by molar-refractivity contribution is 9.10. The summed E-state index contributed by atoms with van der Waals surface area (Å²) in [4.78, 5) is 2.48. The van der Waals surface area contributed by atoms with E-state index in [0.717, 1.165) is 36.9 Å². The lowest BCUT2D eigenvalue weighted by molar-refractivity contribution is 0.263. The molecule has 2 atom stereocenters. The lowest BCUT2D eigenvalue weighted by Crippen LogP contribution is -2.25. The molecule has 1 fully saturated rings. The van der Waals surface area contributed by atoms with Crippen LogP contribution in [-0.4, -0.2) is 31.3 Å². The Morgan fingerprint density at radius 2 is 2.29 bits per heavy atom. The van der Waals surface area contributed by atoms with Crippen LogP contribution in [0.25, 0.3) is 0 Å². The third kappa shape index (κ3) is 4.44. The minimum absolute atomic E-state index is 0.306. The number of nitrogens with one attached hydrogen (secondary N) is 1. The molecule has 2 N–H and O–H groups in total. The van der Waals surface area contributed by atoms with E-state index in [-0.39, 0.29) is 0 Å². The van der Waals surface area contributed by atoms with E-state index in [1.54, 1.807) is 0 Å². The van der Waals surface area contributed by atoms with E-state index in [2.05, 4.69) is 58.2 Å². The summed E-state index contributed by atoms with van der Waals surface area (Å²) in [5.74, 6) is 0.630. The van der Waals surface area contributed by atoms with Crippen molar-refractivity contribution in [2.45, 2.75) is 39.2 Å². The molecule has 0 amide bonds. The maximum absolute atomic E-state index is 9.13. The summed E-state index contributed by atoms with van der Waals surface area (Å²) in [5.41, 5.74) is 2.71. The van der Waals surface area contributed by atoms with Crippen molar-refractivity contribution in [2.75, 3.05) is 31.1 Å². The smallest absolute Gasteiger partial charge is 0.0434 e. The van der Waals surface area contributed by atoms with Gasteiger partial charge in [-0.1, -0.05) is 22.9 Å². The minimum Gasteiger partial charge on any atom is -0.396 e. The summed E-state index contributed by atoms with van der Waals surface area (Å²) < 4.78 is 1.14. The first kappa shape index (κ1) is 16.8. The second kappa shape index (κ2) is 8.16. The zero-order valence-corrected chi connectivity index (χ0v) is 14.7. The predicted molar refractivity (Wildman–Crippen MR) is 92.9 cm³/mol. The number of rotatable bonds is 7. The summed E-state index contributed by atoms with van der Waals surface area (Å²) >= 11 is 3.60. The first-order valence-electron chi connectivity index (χ1n) is 8.04. The largest absolute Gasteiger partial charge is 0.396 e. The Morgan fingerprint density at radius 1 is 1.48 bits per heavy atom. The molecule has 3 nitrogen and oxygen atoms in total. The molecule has 0 aromatic heterocycles. The van der Waals surface area contributed by atoms with Crippen LogP contribution in [0.5, 0.6) is 0 Å². The Labute approximate surface area is 136 Å². The number of aliphatic hydroxyl groups is 1. The van der Waals surface area contributed by atoms with Crippen LogP contribution in [-0.2, 0) is 0 Å². The van der Waals surface area contributed by atoms with E-state index in [9.17, 15) is 0 Å². The van der Waals surface area contributed by atoms with Gasteiger partial charge in [-0.25, -0.2) is 0 Å². The summed E-state index contributed by atoms with van der Waals surface area (Å²) in [5, 5.41) is 12.7. The molecule has 21 heavy (non-hydrogen) atoms. The van der Waals surface area contributed by atoms with Gasteiger partial charge in [0.25, 0.3) is 0 Å². The van der Waals surface area contributed by atoms with Crippen molar-refractivity contribution >= 4 is 21.6 Å². The van der Waals surface area contributed by atoms with Crippen LogP contribution in [0.2, 0.25) is 0 Å². The van der Waals surface area contributed by atoms with Gasteiger partial charge in [-0.2, -0.15) is 0 Å². The molecule has 1 saturated heterocycles. The normalized spacial score (nSPS) is 20.0. The molecule has 2 unspecified atom stereocenters. The van der Waals surface area contributed by atoms with Crippen molar-refractivity contribution in [3.63, 3.8) is 0 Å². The van der Waals surface area contributed by atoms with Gasteiger partial charge in [0.2, 0.25) is 0 Å².